The highest BCUT2D eigenvalue weighted by atomic mass is 19.1. The number of rotatable bonds is 5. The Morgan fingerprint density at radius 2 is 1.64 bits per heavy atom. The van der Waals surface area contributed by atoms with Gasteiger partial charge >= 0.3 is 5.97 Å². The molecule has 0 saturated carbocycles. The SMILES string of the molecule is COc1ccccc1C1/C(=C(\O)c2ccc(F)cc2)C(=O)C(=O)N1c1cccc(C(=O)O)c1. The third-order valence-electron chi connectivity index (χ3n) is 5.37. The number of aliphatic hydroxyl groups is 1. The summed E-state index contributed by atoms with van der Waals surface area (Å²) in [5.41, 5.74) is 0.409. The molecule has 33 heavy (non-hydrogen) atoms. The molecule has 3 aromatic carbocycles. The van der Waals surface area contributed by atoms with E-state index in [4.69, 9.17) is 4.74 Å². The third kappa shape index (κ3) is 3.82. The van der Waals surface area contributed by atoms with Gasteiger partial charge in [0, 0.05) is 16.8 Å². The Morgan fingerprint density at radius 1 is 0.939 bits per heavy atom. The van der Waals surface area contributed by atoms with E-state index in [0.717, 1.165) is 17.0 Å². The molecule has 1 amide bonds. The van der Waals surface area contributed by atoms with Crippen LogP contribution in [0.3, 0.4) is 0 Å². The fraction of sp³-hybridized carbons (Fsp3) is 0.0800. The van der Waals surface area contributed by atoms with E-state index in [1.807, 2.05) is 0 Å². The number of hydrogen-bond donors (Lipinski definition) is 2. The number of hydrogen-bond acceptors (Lipinski definition) is 5. The van der Waals surface area contributed by atoms with Crippen LogP contribution in [0.25, 0.3) is 5.76 Å². The number of ketones is 1. The van der Waals surface area contributed by atoms with E-state index in [0.29, 0.717) is 11.3 Å². The van der Waals surface area contributed by atoms with Gasteiger partial charge in [0.05, 0.1) is 24.3 Å². The van der Waals surface area contributed by atoms with Crippen molar-refractivity contribution in [2.45, 2.75) is 6.04 Å². The maximum Gasteiger partial charge on any atom is 0.335 e. The number of para-hydroxylation sites is 1. The van der Waals surface area contributed by atoms with Crippen molar-refractivity contribution in [3.8, 4) is 5.75 Å². The van der Waals surface area contributed by atoms with Crippen molar-refractivity contribution in [2.24, 2.45) is 0 Å². The Labute approximate surface area is 188 Å². The summed E-state index contributed by atoms with van der Waals surface area (Å²) in [6.07, 6.45) is 0. The first-order valence-corrected chi connectivity index (χ1v) is 9.86. The normalized spacial score (nSPS) is 17.3. The van der Waals surface area contributed by atoms with Crippen LogP contribution in [-0.4, -0.2) is 35.0 Å². The zero-order valence-electron chi connectivity index (χ0n) is 17.4. The number of halogens is 1. The van der Waals surface area contributed by atoms with Crippen LogP contribution >= 0.6 is 0 Å². The predicted octanol–water partition coefficient (Wildman–Crippen LogP) is 4.16. The highest BCUT2D eigenvalue weighted by Crippen LogP contribution is 2.44. The number of nitrogens with zero attached hydrogens (tertiary/aromatic N) is 1. The van der Waals surface area contributed by atoms with E-state index >= 15 is 0 Å². The topological polar surface area (TPSA) is 104 Å². The van der Waals surface area contributed by atoms with E-state index < -0.39 is 35.3 Å². The summed E-state index contributed by atoms with van der Waals surface area (Å²) in [5.74, 6) is -3.77. The number of carbonyl (C=O) groups is 3. The number of carboxylic acid groups (broad SMARTS) is 1. The minimum Gasteiger partial charge on any atom is -0.507 e. The number of benzene rings is 3. The van der Waals surface area contributed by atoms with Gasteiger partial charge in [-0.15, -0.1) is 0 Å². The smallest absolute Gasteiger partial charge is 0.335 e. The summed E-state index contributed by atoms with van der Waals surface area (Å²) >= 11 is 0. The van der Waals surface area contributed by atoms with Crippen molar-refractivity contribution in [1.29, 1.82) is 0 Å². The molecule has 166 valence electrons. The second-order valence-electron chi connectivity index (χ2n) is 7.27. The number of methoxy groups -OCH3 is 1. The van der Waals surface area contributed by atoms with Gasteiger partial charge in [-0.3, -0.25) is 14.5 Å². The second-order valence-corrected chi connectivity index (χ2v) is 7.27. The van der Waals surface area contributed by atoms with Crippen LogP contribution in [-0.2, 0) is 9.59 Å². The lowest BCUT2D eigenvalue weighted by Gasteiger charge is -2.26. The van der Waals surface area contributed by atoms with Gasteiger partial charge in [-0.25, -0.2) is 9.18 Å². The summed E-state index contributed by atoms with van der Waals surface area (Å²) < 4.78 is 18.8. The molecule has 1 aliphatic heterocycles. The molecular weight excluding hydrogens is 429 g/mol. The molecule has 1 heterocycles. The van der Waals surface area contributed by atoms with Crippen molar-refractivity contribution in [2.75, 3.05) is 12.0 Å². The van der Waals surface area contributed by atoms with Crippen LogP contribution in [0.4, 0.5) is 10.1 Å². The fourth-order valence-electron chi connectivity index (χ4n) is 3.84. The third-order valence-corrected chi connectivity index (χ3v) is 5.37. The largest absolute Gasteiger partial charge is 0.507 e. The molecule has 2 N–H and O–H groups in total. The average Bonchev–Trinajstić information content (AvgIpc) is 3.09. The van der Waals surface area contributed by atoms with E-state index in [2.05, 4.69) is 0 Å². The molecule has 1 aliphatic rings. The minimum atomic E-state index is -1.20. The van der Waals surface area contributed by atoms with Gasteiger partial charge in [-0.2, -0.15) is 0 Å². The lowest BCUT2D eigenvalue weighted by Crippen LogP contribution is -2.29. The van der Waals surface area contributed by atoms with Crippen LogP contribution < -0.4 is 9.64 Å². The molecule has 0 bridgehead atoms. The van der Waals surface area contributed by atoms with E-state index in [-0.39, 0.29) is 22.4 Å². The Balaban J connectivity index is 1.99. The van der Waals surface area contributed by atoms with Gasteiger partial charge in [0.25, 0.3) is 11.7 Å². The Bertz CT molecular complexity index is 1300. The first kappa shape index (κ1) is 21.8. The minimum absolute atomic E-state index is 0.0771. The summed E-state index contributed by atoms with van der Waals surface area (Å²) in [6.45, 7) is 0. The van der Waals surface area contributed by atoms with E-state index in [1.165, 1.54) is 43.5 Å². The van der Waals surface area contributed by atoms with Crippen LogP contribution in [0, 0.1) is 5.82 Å². The number of anilines is 1. The van der Waals surface area contributed by atoms with Crippen LogP contribution in [0.15, 0.2) is 78.4 Å². The summed E-state index contributed by atoms with van der Waals surface area (Å²) in [5, 5.41) is 20.4. The number of aromatic carboxylic acids is 1. The molecule has 4 rings (SSSR count). The lowest BCUT2D eigenvalue weighted by molar-refractivity contribution is -0.132. The molecule has 8 heteroatoms. The molecule has 1 saturated heterocycles. The van der Waals surface area contributed by atoms with Gasteiger partial charge in [-0.05, 0) is 48.5 Å². The van der Waals surface area contributed by atoms with E-state index in [9.17, 15) is 29.0 Å². The summed E-state index contributed by atoms with van der Waals surface area (Å²) in [4.78, 5) is 38.9. The molecule has 3 aromatic rings. The molecule has 0 radical (unpaired) electrons. The van der Waals surface area contributed by atoms with Gasteiger partial charge in [-0.1, -0.05) is 24.3 Å². The molecule has 0 aromatic heterocycles. The van der Waals surface area contributed by atoms with Crippen LogP contribution in [0.2, 0.25) is 0 Å². The molecule has 0 aliphatic carbocycles. The first-order valence-electron chi connectivity index (χ1n) is 9.86. The highest BCUT2D eigenvalue weighted by Gasteiger charge is 2.48. The maximum absolute atomic E-state index is 13.4. The van der Waals surface area contributed by atoms with Crippen molar-refractivity contribution >= 4 is 29.1 Å². The zero-order valence-corrected chi connectivity index (χ0v) is 17.4. The number of carboxylic acids is 1. The Hall–Kier alpha value is -4.46. The highest BCUT2D eigenvalue weighted by molar-refractivity contribution is 6.51. The predicted molar refractivity (Wildman–Crippen MR) is 118 cm³/mol. The first-order chi connectivity index (χ1) is 15.8. The van der Waals surface area contributed by atoms with Gasteiger partial charge < -0.3 is 14.9 Å². The number of amides is 1. The average molecular weight is 447 g/mol. The Kier molecular flexibility index (Phi) is 5.66. The van der Waals surface area contributed by atoms with Gasteiger partial charge in [0.2, 0.25) is 0 Å². The van der Waals surface area contributed by atoms with Gasteiger partial charge in [0.1, 0.15) is 17.3 Å². The molecule has 7 nitrogen and oxygen atoms in total. The number of ether oxygens (including phenoxy) is 1. The monoisotopic (exact) mass is 447 g/mol. The number of carbonyl (C=O) groups excluding carboxylic acids is 2. The molecule has 1 unspecified atom stereocenters. The van der Waals surface area contributed by atoms with Crippen molar-refractivity contribution in [3.63, 3.8) is 0 Å². The zero-order chi connectivity index (χ0) is 23.7. The molecular formula is C25H18FNO6. The number of aliphatic hydroxyl groups excluding tert-OH is 1. The lowest BCUT2D eigenvalue weighted by atomic mass is 9.94. The summed E-state index contributed by atoms with van der Waals surface area (Å²) in [7, 11) is 1.43. The molecule has 0 spiro atoms. The van der Waals surface area contributed by atoms with Crippen molar-refractivity contribution < 1.29 is 33.7 Å². The summed E-state index contributed by atoms with van der Waals surface area (Å²) in [6, 6.07) is 16.0. The number of Topliss-reactive ketones (excluding diaryl/α,β-unsaturated/α-hetero) is 1. The van der Waals surface area contributed by atoms with Gasteiger partial charge in [0.15, 0.2) is 0 Å². The second kappa shape index (κ2) is 8.58. The van der Waals surface area contributed by atoms with Crippen molar-refractivity contribution in [1.82, 2.24) is 0 Å². The molecule has 1 fully saturated rings. The standard InChI is InChI=1S/C25H18FNO6/c1-33-19-8-3-2-7-18(19)21-20(22(28)14-9-11-16(26)12-10-14)23(29)24(30)27(21)17-6-4-5-15(13-17)25(31)32/h2-13,21,28H,1H3,(H,31,32)/b22-20+. The van der Waals surface area contributed by atoms with E-state index in [1.54, 1.807) is 24.3 Å². The van der Waals surface area contributed by atoms with Crippen LogP contribution in [0.1, 0.15) is 27.5 Å². The van der Waals surface area contributed by atoms with Crippen LogP contribution in [0.5, 0.6) is 5.75 Å². The Morgan fingerprint density at radius 3 is 2.30 bits per heavy atom. The quantitative estimate of drug-likeness (QED) is 0.346. The fourth-order valence-corrected chi connectivity index (χ4v) is 3.84. The van der Waals surface area contributed by atoms with Crippen molar-refractivity contribution in [3.05, 3.63) is 101 Å². The maximum atomic E-state index is 13.4. The molecule has 1 atom stereocenters.